The lowest BCUT2D eigenvalue weighted by Crippen LogP contribution is -2.34. The van der Waals surface area contributed by atoms with E-state index in [1.54, 1.807) is 11.0 Å². The number of ether oxygens (including phenoxy) is 1. The number of hydrogen-bond acceptors (Lipinski definition) is 3. The van der Waals surface area contributed by atoms with Crippen LogP contribution in [0.15, 0.2) is 24.3 Å². The first-order valence-corrected chi connectivity index (χ1v) is 8.96. The molecule has 1 aromatic carbocycles. The van der Waals surface area contributed by atoms with E-state index in [2.05, 4.69) is 0 Å². The molecule has 1 aromatic rings. The number of piperidine rings is 1. The molecule has 3 rings (SSSR count). The molecule has 1 aliphatic heterocycles. The van der Waals surface area contributed by atoms with Crippen molar-refractivity contribution in [1.29, 1.82) is 0 Å². The van der Waals surface area contributed by atoms with Crippen LogP contribution in [0, 0.1) is 17.7 Å². The first-order chi connectivity index (χ1) is 12.2. The van der Waals surface area contributed by atoms with Crippen molar-refractivity contribution in [1.82, 2.24) is 4.90 Å². The molecule has 1 amide bonds. The molecule has 134 valence electrons. The minimum absolute atomic E-state index is 0.0989. The molecule has 25 heavy (non-hydrogen) atoms. The highest BCUT2D eigenvalue weighted by Crippen LogP contribution is 2.31. The van der Waals surface area contributed by atoms with Gasteiger partial charge in [0.25, 0.3) is 0 Å². The van der Waals surface area contributed by atoms with E-state index in [0.29, 0.717) is 12.5 Å². The molecule has 0 bridgehead atoms. The van der Waals surface area contributed by atoms with Gasteiger partial charge >= 0.3 is 0 Å². The van der Waals surface area contributed by atoms with Gasteiger partial charge in [-0.2, -0.15) is 0 Å². The summed E-state index contributed by atoms with van der Waals surface area (Å²) in [6, 6.07) is 5.11. The molecule has 1 fully saturated rings. The van der Waals surface area contributed by atoms with E-state index in [4.69, 9.17) is 4.74 Å². The summed E-state index contributed by atoms with van der Waals surface area (Å²) >= 11 is 0. The Morgan fingerprint density at radius 1 is 1.20 bits per heavy atom. The van der Waals surface area contributed by atoms with Crippen LogP contribution >= 0.6 is 0 Å². The fourth-order valence-electron chi connectivity index (χ4n) is 3.49. The summed E-state index contributed by atoms with van der Waals surface area (Å²) in [5, 5.41) is 0. The van der Waals surface area contributed by atoms with Gasteiger partial charge in [-0.1, -0.05) is 12.1 Å². The van der Waals surface area contributed by atoms with Crippen LogP contribution in [0.1, 0.15) is 37.7 Å². The molecule has 0 aromatic heterocycles. The number of hydrogen-bond donors (Lipinski definition) is 0. The quantitative estimate of drug-likeness (QED) is 0.742. The van der Waals surface area contributed by atoms with Gasteiger partial charge in [-0.3, -0.25) is 4.79 Å². The smallest absolute Gasteiger partial charge is 0.209 e. The zero-order valence-corrected chi connectivity index (χ0v) is 14.3. The topological polar surface area (TPSA) is 46.6 Å². The SMILES string of the molecule is O=CC1CC=C(c2ccc(OCC3CCN(C=O)CC3)c(F)c2)CC1. The highest BCUT2D eigenvalue weighted by atomic mass is 19.1. The highest BCUT2D eigenvalue weighted by molar-refractivity contribution is 5.69. The van der Waals surface area contributed by atoms with E-state index >= 15 is 0 Å². The second-order valence-electron chi connectivity index (χ2n) is 6.94. The number of halogens is 1. The molecule has 1 saturated heterocycles. The minimum Gasteiger partial charge on any atom is -0.490 e. The third kappa shape index (κ3) is 4.47. The summed E-state index contributed by atoms with van der Waals surface area (Å²) in [6.45, 7) is 1.97. The van der Waals surface area contributed by atoms with Crippen LogP contribution < -0.4 is 4.74 Å². The molecule has 0 spiro atoms. The molecule has 1 atom stereocenters. The lowest BCUT2D eigenvalue weighted by Gasteiger charge is -2.29. The van der Waals surface area contributed by atoms with Gasteiger partial charge in [0.05, 0.1) is 6.61 Å². The lowest BCUT2D eigenvalue weighted by molar-refractivity contribution is -0.119. The average molecular weight is 345 g/mol. The Bertz CT molecular complexity index is 650. The summed E-state index contributed by atoms with van der Waals surface area (Å²) in [6.07, 6.45) is 8.08. The van der Waals surface area contributed by atoms with Crippen molar-refractivity contribution in [2.45, 2.75) is 32.1 Å². The number of carbonyl (C=O) groups excluding carboxylic acids is 2. The summed E-state index contributed by atoms with van der Waals surface area (Å²) in [4.78, 5) is 23.3. The number of amides is 1. The Balaban J connectivity index is 1.56. The van der Waals surface area contributed by atoms with E-state index < -0.39 is 0 Å². The van der Waals surface area contributed by atoms with Gasteiger partial charge in [-0.25, -0.2) is 4.39 Å². The molecule has 4 nitrogen and oxygen atoms in total. The maximum Gasteiger partial charge on any atom is 0.209 e. The van der Waals surface area contributed by atoms with Gasteiger partial charge in [-0.15, -0.1) is 0 Å². The van der Waals surface area contributed by atoms with Gasteiger partial charge in [0, 0.05) is 19.0 Å². The van der Waals surface area contributed by atoms with E-state index in [1.165, 1.54) is 6.07 Å². The van der Waals surface area contributed by atoms with Crippen LogP contribution in [-0.2, 0) is 9.59 Å². The predicted molar refractivity (Wildman–Crippen MR) is 93.6 cm³/mol. The van der Waals surface area contributed by atoms with E-state index in [-0.39, 0.29) is 17.5 Å². The predicted octanol–water partition coefficient (Wildman–Crippen LogP) is 3.46. The van der Waals surface area contributed by atoms with Gasteiger partial charge in [0.1, 0.15) is 6.29 Å². The second kappa shape index (κ2) is 8.28. The third-order valence-electron chi connectivity index (χ3n) is 5.22. The summed E-state index contributed by atoms with van der Waals surface area (Å²) in [5.41, 5.74) is 1.97. The van der Waals surface area contributed by atoms with Crippen LogP contribution in [-0.4, -0.2) is 37.3 Å². The molecule has 1 aliphatic carbocycles. The molecule has 1 heterocycles. The van der Waals surface area contributed by atoms with Crippen LogP contribution in [0.4, 0.5) is 4.39 Å². The van der Waals surface area contributed by atoms with Gasteiger partial charge in [0.2, 0.25) is 6.41 Å². The number of aldehydes is 1. The maximum absolute atomic E-state index is 14.4. The molecular formula is C20H24FNO3. The normalized spacial score (nSPS) is 21.6. The summed E-state index contributed by atoms with van der Waals surface area (Å²) in [5.74, 6) is 0.392. The summed E-state index contributed by atoms with van der Waals surface area (Å²) < 4.78 is 20.0. The van der Waals surface area contributed by atoms with Crippen LogP contribution in [0.2, 0.25) is 0 Å². The van der Waals surface area contributed by atoms with Crippen LogP contribution in [0.25, 0.3) is 5.57 Å². The average Bonchev–Trinajstić information content (AvgIpc) is 2.67. The molecule has 5 heteroatoms. The molecular weight excluding hydrogens is 321 g/mol. The van der Waals surface area contributed by atoms with Crippen molar-refractivity contribution < 1.29 is 18.7 Å². The van der Waals surface area contributed by atoms with Gasteiger partial charge in [0.15, 0.2) is 11.6 Å². The number of benzene rings is 1. The minimum atomic E-state index is -0.346. The number of rotatable bonds is 6. The van der Waals surface area contributed by atoms with Crippen molar-refractivity contribution in [3.63, 3.8) is 0 Å². The van der Waals surface area contributed by atoms with Crippen molar-refractivity contribution >= 4 is 18.3 Å². The zero-order chi connectivity index (χ0) is 17.6. The van der Waals surface area contributed by atoms with Crippen molar-refractivity contribution in [2.24, 2.45) is 11.8 Å². The number of allylic oxidation sites excluding steroid dienone is 2. The zero-order valence-electron chi connectivity index (χ0n) is 14.3. The Morgan fingerprint density at radius 2 is 2.00 bits per heavy atom. The van der Waals surface area contributed by atoms with Crippen molar-refractivity contribution in [3.05, 3.63) is 35.7 Å². The first kappa shape index (κ1) is 17.6. The highest BCUT2D eigenvalue weighted by Gasteiger charge is 2.20. The maximum atomic E-state index is 14.4. The molecule has 0 N–H and O–H groups in total. The monoisotopic (exact) mass is 345 g/mol. The Kier molecular flexibility index (Phi) is 5.84. The van der Waals surface area contributed by atoms with Crippen molar-refractivity contribution in [3.8, 4) is 5.75 Å². The van der Waals surface area contributed by atoms with E-state index in [0.717, 1.165) is 69.0 Å². The van der Waals surface area contributed by atoms with E-state index in [1.807, 2.05) is 12.1 Å². The molecule has 1 unspecified atom stereocenters. The van der Waals surface area contributed by atoms with Gasteiger partial charge < -0.3 is 14.4 Å². The fourth-order valence-corrected chi connectivity index (χ4v) is 3.49. The molecule has 0 saturated carbocycles. The van der Waals surface area contributed by atoms with E-state index in [9.17, 15) is 14.0 Å². The van der Waals surface area contributed by atoms with Crippen LogP contribution in [0.5, 0.6) is 5.75 Å². The lowest BCUT2D eigenvalue weighted by atomic mass is 9.87. The van der Waals surface area contributed by atoms with Crippen molar-refractivity contribution in [2.75, 3.05) is 19.7 Å². The number of likely N-dealkylation sites (tertiary alicyclic amines) is 1. The second-order valence-corrected chi connectivity index (χ2v) is 6.94. The largest absolute Gasteiger partial charge is 0.490 e. The standard InChI is InChI=1S/C20H24FNO3/c21-19-11-18(17-3-1-15(12-23)2-4-17)5-6-20(19)25-13-16-7-9-22(14-24)10-8-16/h3,5-6,11-12,14-16H,1-2,4,7-10,13H2. The number of nitrogens with zero attached hydrogens (tertiary/aromatic N) is 1. The van der Waals surface area contributed by atoms with Gasteiger partial charge in [-0.05, 0) is 61.3 Å². The Morgan fingerprint density at radius 3 is 2.60 bits per heavy atom. The van der Waals surface area contributed by atoms with Crippen LogP contribution in [0.3, 0.4) is 0 Å². The Labute approximate surface area is 147 Å². The first-order valence-electron chi connectivity index (χ1n) is 8.96. The molecule has 0 radical (unpaired) electrons. The molecule has 2 aliphatic rings. The fraction of sp³-hybridized carbons (Fsp3) is 0.500. The number of carbonyl (C=O) groups is 2. The third-order valence-corrected chi connectivity index (χ3v) is 5.22. The summed E-state index contributed by atoms with van der Waals surface area (Å²) in [7, 11) is 0. The Hall–Kier alpha value is -2.17.